The summed E-state index contributed by atoms with van der Waals surface area (Å²) in [7, 11) is 0. The summed E-state index contributed by atoms with van der Waals surface area (Å²) < 4.78 is 7.62. The first-order valence-electron chi connectivity index (χ1n) is 7.40. The molecule has 0 aliphatic carbocycles. The molecule has 1 heterocycles. The number of hydrogen-bond donors (Lipinski definition) is 1. The van der Waals surface area contributed by atoms with Crippen LogP contribution in [0.25, 0.3) is 0 Å². The highest BCUT2D eigenvalue weighted by atomic mass is 16.5. The Kier molecular flexibility index (Phi) is 5.75. The first-order chi connectivity index (χ1) is 10.2. The number of rotatable bonds is 8. The highest BCUT2D eigenvalue weighted by Crippen LogP contribution is 2.13. The van der Waals surface area contributed by atoms with E-state index < -0.39 is 0 Å². The van der Waals surface area contributed by atoms with Crippen molar-refractivity contribution in [1.82, 2.24) is 15.0 Å². The highest BCUT2D eigenvalue weighted by molar-refractivity contribution is 5.27. The smallest absolute Gasteiger partial charge is 0.119 e. The van der Waals surface area contributed by atoms with Crippen molar-refractivity contribution in [2.75, 3.05) is 13.2 Å². The van der Waals surface area contributed by atoms with E-state index >= 15 is 0 Å². The summed E-state index contributed by atoms with van der Waals surface area (Å²) in [4.78, 5) is 0. The van der Waals surface area contributed by atoms with Crippen molar-refractivity contribution < 1.29 is 9.84 Å². The Morgan fingerprint density at radius 2 is 2.10 bits per heavy atom. The fraction of sp³-hybridized carbons (Fsp3) is 0.500. The number of hydrogen-bond acceptors (Lipinski definition) is 4. The van der Waals surface area contributed by atoms with Crippen LogP contribution < -0.4 is 4.74 Å². The Morgan fingerprint density at radius 3 is 2.86 bits per heavy atom. The SMILES string of the molecule is Cc1cccc(OCCCCn2nnc(CCO)c2C)c1. The Balaban J connectivity index is 1.70. The van der Waals surface area contributed by atoms with Crippen LogP contribution in [-0.2, 0) is 13.0 Å². The molecule has 21 heavy (non-hydrogen) atoms. The molecule has 1 aromatic heterocycles. The number of aliphatic hydroxyl groups is 1. The van der Waals surface area contributed by atoms with Gasteiger partial charge in [-0.25, -0.2) is 4.68 Å². The van der Waals surface area contributed by atoms with Crippen LogP contribution in [-0.4, -0.2) is 33.3 Å². The van der Waals surface area contributed by atoms with E-state index in [4.69, 9.17) is 9.84 Å². The molecular formula is C16H23N3O2. The quantitative estimate of drug-likeness (QED) is 0.757. The number of nitrogens with zero attached hydrogens (tertiary/aromatic N) is 3. The number of unbranched alkanes of at least 4 members (excludes halogenated alkanes) is 1. The molecule has 0 unspecified atom stereocenters. The summed E-state index contributed by atoms with van der Waals surface area (Å²) in [5.41, 5.74) is 3.14. The topological polar surface area (TPSA) is 60.2 Å². The number of ether oxygens (including phenoxy) is 1. The van der Waals surface area contributed by atoms with Crippen molar-refractivity contribution in [3.8, 4) is 5.75 Å². The maximum Gasteiger partial charge on any atom is 0.119 e. The molecular weight excluding hydrogens is 266 g/mol. The predicted octanol–water partition coefficient (Wildman–Crippen LogP) is 2.29. The molecule has 0 radical (unpaired) electrons. The van der Waals surface area contributed by atoms with Crippen LogP contribution in [0.3, 0.4) is 0 Å². The molecule has 0 amide bonds. The molecule has 5 heteroatoms. The summed E-state index contributed by atoms with van der Waals surface area (Å²) in [6.45, 7) is 5.71. The zero-order valence-electron chi connectivity index (χ0n) is 12.7. The molecule has 0 aliphatic rings. The first-order valence-corrected chi connectivity index (χ1v) is 7.40. The Labute approximate surface area is 125 Å². The van der Waals surface area contributed by atoms with Crippen LogP contribution in [0.2, 0.25) is 0 Å². The van der Waals surface area contributed by atoms with Crippen molar-refractivity contribution in [1.29, 1.82) is 0 Å². The molecule has 1 N–H and O–H groups in total. The summed E-state index contributed by atoms with van der Waals surface area (Å²) >= 11 is 0. The zero-order valence-corrected chi connectivity index (χ0v) is 12.7. The van der Waals surface area contributed by atoms with Crippen molar-refractivity contribution in [2.45, 2.75) is 39.7 Å². The van der Waals surface area contributed by atoms with Gasteiger partial charge >= 0.3 is 0 Å². The van der Waals surface area contributed by atoms with Gasteiger partial charge in [-0.1, -0.05) is 17.3 Å². The fourth-order valence-corrected chi connectivity index (χ4v) is 2.20. The van der Waals surface area contributed by atoms with Gasteiger partial charge in [0.1, 0.15) is 5.75 Å². The maximum absolute atomic E-state index is 8.93. The minimum absolute atomic E-state index is 0.115. The second-order valence-electron chi connectivity index (χ2n) is 5.19. The molecule has 2 aromatic rings. The van der Waals surface area contributed by atoms with Gasteiger partial charge in [-0.05, 0) is 44.4 Å². The maximum atomic E-state index is 8.93. The van der Waals surface area contributed by atoms with Gasteiger partial charge in [0.15, 0.2) is 0 Å². The summed E-state index contributed by atoms with van der Waals surface area (Å²) in [6.07, 6.45) is 2.54. The summed E-state index contributed by atoms with van der Waals surface area (Å²) in [5, 5.41) is 17.1. The molecule has 114 valence electrons. The number of aryl methyl sites for hydroxylation is 2. The average molecular weight is 289 g/mol. The largest absolute Gasteiger partial charge is 0.494 e. The molecule has 0 aliphatic heterocycles. The van der Waals surface area contributed by atoms with Gasteiger partial charge in [0.2, 0.25) is 0 Å². The van der Waals surface area contributed by atoms with E-state index in [1.165, 1.54) is 5.56 Å². The third kappa shape index (κ3) is 4.56. The van der Waals surface area contributed by atoms with Crippen molar-refractivity contribution >= 4 is 0 Å². The van der Waals surface area contributed by atoms with Crippen LogP contribution in [0.1, 0.15) is 29.8 Å². The lowest BCUT2D eigenvalue weighted by Crippen LogP contribution is -2.06. The molecule has 0 spiro atoms. The van der Waals surface area contributed by atoms with E-state index in [1.54, 1.807) is 0 Å². The molecule has 0 saturated heterocycles. The molecule has 0 atom stereocenters. The van der Waals surface area contributed by atoms with E-state index in [0.717, 1.165) is 36.5 Å². The van der Waals surface area contributed by atoms with E-state index in [2.05, 4.69) is 23.3 Å². The van der Waals surface area contributed by atoms with Gasteiger partial charge in [0, 0.05) is 19.6 Å². The minimum Gasteiger partial charge on any atom is -0.494 e. The molecule has 0 bridgehead atoms. The average Bonchev–Trinajstić information content (AvgIpc) is 2.80. The van der Waals surface area contributed by atoms with Crippen molar-refractivity contribution in [3.05, 3.63) is 41.2 Å². The minimum atomic E-state index is 0.115. The van der Waals surface area contributed by atoms with Gasteiger partial charge in [0.05, 0.1) is 18.0 Å². The third-order valence-corrected chi connectivity index (χ3v) is 3.45. The second-order valence-corrected chi connectivity index (χ2v) is 5.19. The Hall–Kier alpha value is -1.88. The van der Waals surface area contributed by atoms with Crippen LogP contribution in [0, 0.1) is 13.8 Å². The van der Waals surface area contributed by atoms with Gasteiger partial charge < -0.3 is 9.84 Å². The Bertz CT molecular complexity index is 566. The van der Waals surface area contributed by atoms with Gasteiger partial charge in [-0.3, -0.25) is 0 Å². The lowest BCUT2D eigenvalue weighted by molar-refractivity contribution is 0.298. The van der Waals surface area contributed by atoms with E-state index in [1.807, 2.05) is 29.8 Å². The Morgan fingerprint density at radius 1 is 1.24 bits per heavy atom. The van der Waals surface area contributed by atoms with Crippen molar-refractivity contribution in [2.24, 2.45) is 0 Å². The predicted molar refractivity (Wildman–Crippen MR) is 81.5 cm³/mol. The zero-order chi connectivity index (χ0) is 15.1. The van der Waals surface area contributed by atoms with E-state index in [9.17, 15) is 0 Å². The molecule has 0 fully saturated rings. The summed E-state index contributed by atoms with van der Waals surface area (Å²) in [5.74, 6) is 0.928. The van der Waals surface area contributed by atoms with Crippen LogP contribution in [0.5, 0.6) is 5.75 Å². The summed E-state index contributed by atoms with van der Waals surface area (Å²) in [6, 6.07) is 8.09. The molecule has 2 rings (SSSR count). The standard InChI is InChI=1S/C16H23N3O2/c1-13-6-5-7-15(12-13)21-11-4-3-9-19-14(2)16(8-10-20)17-18-19/h5-7,12,20H,3-4,8-11H2,1-2H3. The number of aliphatic hydroxyl groups excluding tert-OH is 1. The third-order valence-electron chi connectivity index (χ3n) is 3.45. The van der Waals surface area contributed by atoms with Gasteiger partial charge in [-0.2, -0.15) is 0 Å². The molecule has 1 aromatic carbocycles. The first kappa shape index (κ1) is 15.5. The monoisotopic (exact) mass is 289 g/mol. The number of aromatic nitrogens is 3. The van der Waals surface area contributed by atoms with Crippen LogP contribution in [0.4, 0.5) is 0 Å². The number of benzene rings is 1. The van der Waals surface area contributed by atoms with Gasteiger partial charge in [0.25, 0.3) is 0 Å². The lowest BCUT2D eigenvalue weighted by Gasteiger charge is -2.07. The molecule has 5 nitrogen and oxygen atoms in total. The second kappa shape index (κ2) is 7.78. The van der Waals surface area contributed by atoms with E-state index in [-0.39, 0.29) is 6.61 Å². The van der Waals surface area contributed by atoms with Crippen molar-refractivity contribution in [3.63, 3.8) is 0 Å². The van der Waals surface area contributed by atoms with Gasteiger partial charge in [-0.15, -0.1) is 5.10 Å². The normalized spacial score (nSPS) is 10.8. The highest BCUT2D eigenvalue weighted by Gasteiger charge is 2.07. The van der Waals surface area contributed by atoms with Crippen LogP contribution in [0.15, 0.2) is 24.3 Å². The molecule has 0 saturated carbocycles. The lowest BCUT2D eigenvalue weighted by atomic mass is 10.2. The van der Waals surface area contributed by atoms with E-state index in [0.29, 0.717) is 13.0 Å². The van der Waals surface area contributed by atoms with Crippen LogP contribution >= 0.6 is 0 Å². The fourth-order valence-electron chi connectivity index (χ4n) is 2.20.